The zero-order valence-corrected chi connectivity index (χ0v) is 17.3. The van der Waals surface area contributed by atoms with Gasteiger partial charge in [-0.05, 0) is 36.5 Å². The van der Waals surface area contributed by atoms with Crippen LogP contribution in [-0.4, -0.2) is 29.3 Å². The van der Waals surface area contributed by atoms with E-state index < -0.39 is 6.04 Å². The first-order chi connectivity index (χ1) is 13.6. The highest BCUT2D eigenvalue weighted by atomic mass is 16.2. The van der Waals surface area contributed by atoms with Gasteiger partial charge in [0.1, 0.15) is 6.04 Å². The number of amides is 2. The summed E-state index contributed by atoms with van der Waals surface area (Å²) in [5.74, 6) is -0.0827. The molecule has 0 saturated carbocycles. The van der Waals surface area contributed by atoms with Crippen molar-refractivity contribution in [3.63, 3.8) is 0 Å². The molecular weight excluding hydrogens is 348 g/mol. The van der Waals surface area contributed by atoms with Crippen molar-refractivity contribution in [2.45, 2.75) is 59.0 Å². The second-order valence-electron chi connectivity index (χ2n) is 7.18. The third-order valence-corrected chi connectivity index (χ3v) is 5.01. The SMILES string of the molecule is CCCCNC(=O)[C@H](CC)N(Cc1ccccc1)C(=O)Cc1ccccc1C. The molecule has 2 rings (SSSR count). The van der Waals surface area contributed by atoms with E-state index in [1.807, 2.05) is 68.4 Å². The van der Waals surface area contributed by atoms with E-state index in [0.717, 1.165) is 29.5 Å². The molecule has 4 nitrogen and oxygen atoms in total. The molecule has 0 radical (unpaired) electrons. The zero-order valence-electron chi connectivity index (χ0n) is 17.3. The smallest absolute Gasteiger partial charge is 0.242 e. The van der Waals surface area contributed by atoms with Crippen LogP contribution in [0.3, 0.4) is 0 Å². The summed E-state index contributed by atoms with van der Waals surface area (Å²) < 4.78 is 0. The zero-order chi connectivity index (χ0) is 20.4. The summed E-state index contributed by atoms with van der Waals surface area (Å²) in [6.07, 6.45) is 2.86. The maximum atomic E-state index is 13.2. The van der Waals surface area contributed by atoms with Gasteiger partial charge >= 0.3 is 0 Å². The minimum absolute atomic E-state index is 0.0179. The van der Waals surface area contributed by atoms with Crippen LogP contribution in [0.25, 0.3) is 0 Å². The maximum absolute atomic E-state index is 13.2. The van der Waals surface area contributed by atoms with Crippen LogP contribution in [0, 0.1) is 6.92 Å². The molecule has 150 valence electrons. The van der Waals surface area contributed by atoms with Crippen molar-refractivity contribution in [2.75, 3.05) is 6.54 Å². The first-order valence-electron chi connectivity index (χ1n) is 10.2. The number of rotatable bonds is 10. The fourth-order valence-corrected chi connectivity index (χ4v) is 3.28. The van der Waals surface area contributed by atoms with Crippen molar-refractivity contribution < 1.29 is 9.59 Å². The molecule has 4 heteroatoms. The third-order valence-electron chi connectivity index (χ3n) is 5.01. The summed E-state index contributed by atoms with van der Waals surface area (Å²) in [6.45, 7) is 7.15. The van der Waals surface area contributed by atoms with Crippen LogP contribution < -0.4 is 5.32 Å². The van der Waals surface area contributed by atoms with Gasteiger partial charge in [0.25, 0.3) is 0 Å². The Bertz CT molecular complexity index is 758. The van der Waals surface area contributed by atoms with Crippen LogP contribution >= 0.6 is 0 Å². The van der Waals surface area contributed by atoms with Crippen molar-refractivity contribution in [3.05, 3.63) is 71.3 Å². The second kappa shape index (κ2) is 11.3. The van der Waals surface area contributed by atoms with Crippen LogP contribution in [0.15, 0.2) is 54.6 Å². The lowest BCUT2D eigenvalue weighted by atomic mass is 10.0. The number of hydrogen-bond donors (Lipinski definition) is 1. The second-order valence-corrected chi connectivity index (χ2v) is 7.18. The predicted molar refractivity (Wildman–Crippen MR) is 114 cm³/mol. The first-order valence-corrected chi connectivity index (χ1v) is 10.2. The molecule has 0 aliphatic heterocycles. The molecule has 1 atom stereocenters. The van der Waals surface area contributed by atoms with Crippen molar-refractivity contribution in [1.82, 2.24) is 10.2 Å². The minimum atomic E-state index is -0.464. The molecule has 0 aliphatic rings. The Balaban J connectivity index is 2.22. The molecule has 0 saturated heterocycles. The number of carbonyl (C=O) groups is 2. The summed E-state index contributed by atoms with van der Waals surface area (Å²) in [5, 5.41) is 3.00. The number of unbranched alkanes of at least 4 members (excludes halogenated alkanes) is 1. The number of benzene rings is 2. The van der Waals surface area contributed by atoms with Crippen molar-refractivity contribution >= 4 is 11.8 Å². The molecule has 0 aromatic heterocycles. The largest absolute Gasteiger partial charge is 0.354 e. The molecule has 0 aliphatic carbocycles. The Labute approximate surface area is 169 Å². The third kappa shape index (κ3) is 6.22. The Kier molecular flexibility index (Phi) is 8.73. The van der Waals surface area contributed by atoms with Gasteiger partial charge in [-0.3, -0.25) is 9.59 Å². The highest BCUT2D eigenvalue weighted by Gasteiger charge is 2.28. The Morgan fingerprint density at radius 2 is 1.68 bits per heavy atom. The maximum Gasteiger partial charge on any atom is 0.242 e. The fourth-order valence-electron chi connectivity index (χ4n) is 3.28. The van der Waals surface area contributed by atoms with Crippen molar-refractivity contribution in [3.8, 4) is 0 Å². The first kappa shape index (κ1) is 21.7. The van der Waals surface area contributed by atoms with Crippen LogP contribution in [0.2, 0.25) is 0 Å². The lowest BCUT2D eigenvalue weighted by Crippen LogP contribution is -2.49. The Morgan fingerprint density at radius 3 is 2.32 bits per heavy atom. The average molecular weight is 381 g/mol. The highest BCUT2D eigenvalue weighted by molar-refractivity contribution is 5.88. The monoisotopic (exact) mass is 380 g/mol. The standard InChI is InChI=1S/C24H32N2O2/c1-4-6-16-25-24(28)22(5-2)26(18-20-13-8-7-9-14-20)23(27)17-21-15-11-10-12-19(21)3/h7-15,22H,4-6,16-18H2,1-3H3,(H,25,28)/t22-/m0/s1. The van der Waals surface area contributed by atoms with Gasteiger partial charge in [-0.2, -0.15) is 0 Å². The predicted octanol–water partition coefficient (Wildman–Crippen LogP) is 4.26. The molecule has 1 N–H and O–H groups in total. The van der Waals surface area contributed by atoms with Gasteiger partial charge in [0.2, 0.25) is 11.8 Å². The van der Waals surface area contributed by atoms with Gasteiger partial charge < -0.3 is 10.2 Å². The normalized spacial score (nSPS) is 11.7. The Hall–Kier alpha value is -2.62. The summed E-state index contributed by atoms with van der Waals surface area (Å²) in [5.41, 5.74) is 3.13. The topological polar surface area (TPSA) is 49.4 Å². The van der Waals surface area contributed by atoms with Gasteiger partial charge in [-0.25, -0.2) is 0 Å². The fraction of sp³-hybridized carbons (Fsp3) is 0.417. The van der Waals surface area contributed by atoms with Gasteiger partial charge in [0.05, 0.1) is 6.42 Å². The van der Waals surface area contributed by atoms with Gasteiger partial charge in [-0.1, -0.05) is 74.9 Å². The number of nitrogens with one attached hydrogen (secondary N) is 1. The van der Waals surface area contributed by atoms with Crippen LogP contribution in [-0.2, 0) is 22.6 Å². The molecule has 2 aromatic rings. The van der Waals surface area contributed by atoms with Crippen molar-refractivity contribution in [2.24, 2.45) is 0 Å². The Morgan fingerprint density at radius 1 is 1.00 bits per heavy atom. The van der Waals surface area contributed by atoms with Crippen molar-refractivity contribution in [1.29, 1.82) is 0 Å². The van der Waals surface area contributed by atoms with E-state index in [0.29, 0.717) is 25.9 Å². The van der Waals surface area contributed by atoms with Crippen LogP contribution in [0.4, 0.5) is 0 Å². The van der Waals surface area contributed by atoms with Gasteiger partial charge in [-0.15, -0.1) is 0 Å². The minimum Gasteiger partial charge on any atom is -0.354 e. The molecule has 0 fully saturated rings. The van der Waals surface area contributed by atoms with E-state index in [4.69, 9.17) is 0 Å². The number of carbonyl (C=O) groups excluding carboxylic acids is 2. The molecule has 28 heavy (non-hydrogen) atoms. The number of nitrogens with zero attached hydrogens (tertiary/aromatic N) is 1. The number of aryl methyl sites for hydroxylation is 1. The lowest BCUT2D eigenvalue weighted by molar-refractivity contribution is -0.140. The van der Waals surface area contributed by atoms with Gasteiger partial charge in [0, 0.05) is 13.1 Å². The molecule has 0 bridgehead atoms. The van der Waals surface area contributed by atoms with E-state index >= 15 is 0 Å². The summed E-state index contributed by atoms with van der Waals surface area (Å²) in [4.78, 5) is 27.8. The van der Waals surface area contributed by atoms with E-state index in [9.17, 15) is 9.59 Å². The summed E-state index contributed by atoms with van der Waals surface area (Å²) in [6, 6.07) is 17.3. The van der Waals surface area contributed by atoms with Gasteiger partial charge in [0.15, 0.2) is 0 Å². The van der Waals surface area contributed by atoms with E-state index in [1.165, 1.54) is 0 Å². The molecule has 0 unspecified atom stereocenters. The lowest BCUT2D eigenvalue weighted by Gasteiger charge is -2.31. The highest BCUT2D eigenvalue weighted by Crippen LogP contribution is 2.16. The average Bonchev–Trinajstić information content (AvgIpc) is 2.70. The van der Waals surface area contributed by atoms with Crippen LogP contribution in [0.5, 0.6) is 0 Å². The summed E-state index contributed by atoms with van der Waals surface area (Å²) >= 11 is 0. The van der Waals surface area contributed by atoms with Crippen LogP contribution in [0.1, 0.15) is 49.8 Å². The molecule has 2 aromatic carbocycles. The quantitative estimate of drug-likeness (QED) is 0.626. The molecule has 0 spiro atoms. The van der Waals surface area contributed by atoms with E-state index in [-0.39, 0.29) is 11.8 Å². The number of hydrogen-bond acceptors (Lipinski definition) is 2. The molecule has 0 heterocycles. The van der Waals surface area contributed by atoms with E-state index in [2.05, 4.69) is 12.2 Å². The van der Waals surface area contributed by atoms with E-state index in [1.54, 1.807) is 4.90 Å². The molecular formula is C24H32N2O2. The molecule has 2 amide bonds. The summed E-state index contributed by atoms with van der Waals surface area (Å²) in [7, 11) is 0.